The zero-order chi connectivity index (χ0) is 14.4. The Morgan fingerprint density at radius 2 is 2.21 bits per heavy atom. The summed E-state index contributed by atoms with van der Waals surface area (Å²) in [5.74, 6) is -0.767. The van der Waals surface area contributed by atoms with E-state index in [1.54, 1.807) is 6.92 Å². The SMILES string of the molecule is CCOC(=O)Cc1ncc(CCl)c(C(F)F)c1OC. The number of methoxy groups -OCH3 is 1. The largest absolute Gasteiger partial charge is 0.494 e. The first-order valence-corrected chi connectivity index (χ1v) is 6.12. The van der Waals surface area contributed by atoms with E-state index in [-0.39, 0.29) is 41.5 Å². The van der Waals surface area contributed by atoms with Crippen LogP contribution in [-0.2, 0) is 21.8 Å². The monoisotopic (exact) mass is 293 g/mol. The highest BCUT2D eigenvalue weighted by atomic mass is 35.5. The molecule has 0 aromatic carbocycles. The van der Waals surface area contributed by atoms with Gasteiger partial charge >= 0.3 is 5.97 Å². The number of aromatic nitrogens is 1. The summed E-state index contributed by atoms with van der Waals surface area (Å²) in [5, 5.41) is 0. The van der Waals surface area contributed by atoms with Crippen molar-refractivity contribution in [1.29, 1.82) is 0 Å². The minimum Gasteiger partial charge on any atom is -0.494 e. The van der Waals surface area contributed by atoms with E-state index in [1.165, 1.54) is 13.3 Å². The van der Waals surface area contributed by atoms with Crippen molar-refractivity contribution in [2.75, 3.05) is 13.7 Å². The maximum absolute atomic E-state index is 13.0. The summed E-state index contributed by atoms with van der Waals surface area (Å²) in [6, 6.07) is 0. The van der Waals surface area contributed by atoms with Crippen LogP contribution in [-0.4, -0.2) is 24.7 Å². The minimum absolute atomic E-state index is 0.108. The molecule has 0 amide bonds. The van der Waals surface area contributed by atoms with Crippen molar-refractivity contribution in [3.05, 3.63) is 23.0 Å². The highest BCUT2D eigenvalue weighted by molar-refractivity contribution is 6.17. The molecule has 0 fully saturated rings. The Balaban J connectivity index is 3.19. The van der Waals surface area contributed by atoms with Crippen LogP contribution in [0.25, 0.3) is 0 Å². The molecular formula is C12H14ClF2NO3. The van der Waals surface area contributed by atoms with Crippen molar-refractivity contribution >= 4 is 17.6 Å². The van der Waals surface area contributed by atoms with Gasteiger partial charge in [-0.1, -0.05) is 0 Å². The summed E-state index contributed by atoms with van der Waals surface area (Å²) < 4.78 is 35.8. The Hall–Kier alpha value is -1.43. The summed E-state index contributed by atoms with van der Waals surface area (Å²) in [4.78, 5) is 15.3. The molecule has 4 nitrogen and oxygen atoms in total. The normalized spacial score (nSPS) is 10.6. The van der Waals surface area contributed by atoms with Crippen molar-refractivity contribution < 1.29 is 23.0 Å². The van der Waals surface area contributed by atoms with Gasteiger partial charge in [-0.25, -0.2) is 8.78 Å². The van der Waals surface area contributed by atoms with Crippen molar-refractivity contribution in [2.45, 2.75) is 25.7 Å². The van der Waals surface area contributed by atoms with Crippen LogP contribution in [0.1, 0.15) is 30.2 Å². The van der Waals surface area contributed by atoms with Gasteiger partial charge in [-0.15, -0.1) is 11.6 Å². The first kappa shape index (κ1) is 15.6. The van der Waals surface area contributed by atoms with Crippen molar-refractivity contribution in [2.24, 2.45) is 0 Å². The molecule has 0 N–H and O–H groups in total. The molecule has 0 saturated heterocycles. The van der Waals surface area contributed by atoms with Crippen molar-refractivity contribution in [3.63, 3.8) is 0 Å². The van der Waals surface area contributed by atoms with Gasteiger partial charge in [0.2, 0.25) is 0 Å². The summed E-state index contributed by atoms with van der Waals surface area (Å²) in [5.41, 5.74) is -0.0296. The molecule has 0 aliphatic carbocycles. The van der Waals surface area contributed by atoms with Crippen molar-refractivity contribution in [1.82, 2.24) is 4.98 Å². The average Bonchev–Trinajstić information content (AvgIpc) is 2.38. The highest BCUT2D eigenvalue weighted by Crippen LogP contribution is 2.35. The van der Waals surface area contributed by atoms with E-state index >= 15 is 0 Å². The maximum atomic E-state index is 13.0. The van der Waals surface area contributed by atoms with Gasteiger partial charge in [-0.05, 0) is 12.5 Å². The molecule has 0 unspecified atom stereocenters. The van der Waals surface area contributed by atoms with E-state index in [2.05, 4.69) is 4.98 Å². The van der Waals surface area contributed by atoms with Gasteiger partial charge in [0.15, 0.2) is 0 Å². The van der Waals surface area contributed by atoms with Gasteiger partial charge in [-0.2, -0.15) is 0 Å². The van der Waals surface area contributed by atoms with E-state index < -0.39 is 12.4 Å². The average molecular weight is 294 g/mol. The first-order valence-electron chi connectivity index (χ1n) is 5.59. The van der Waals surface area contributed by atoms with Gasteiger partial charge in [0.1, 0.15) is 5.75 Å². The molecular weight excluding hydrogens is 280 g/mol. The lowest BCUT2D eigenvalue weighted by Crippen LogP contribution is -2.12. The third kappa shape index (κ3) is 3.76. The number of rotatable bonds is 6. The second kappa shape index (κ2) is 7.23. The fourth-order valence-electron chi connectivity index (χ4n) is 1.63. The number of hydrogen-bond donors (Lipinski definition) is 0. The Morgan fingerprint density at radius 3 is 2.68 bits per heavy atom. The number of alkyl halides is 3. The van der Waals surface area contributed by atoms with Gasteiger partial charge in [0, 0.05) is 12.1 Å². The molecule has 1 aromatic rings. The topological polar surface area (TPSA) is 48.4 Å². The van der Waals surface area contributed by atoms with E-state index in [1.807, 2.05) is 0 Å². The van der Waals surface area contributed by atoms with Crippen LogP contribution in [0.2, 0.25) is 0 Å². The van der Waals surface area contributed by atoms with Gasteiger partial charge in [0.25, 0.3) is 6.43 Å². The molecule has 0 atom stereocenters. The maximum Gasteiger partial charge on any atom is 0.312 e. The Bertz CT molecular complexity index is 455. The molecule has 1 rings (SSSR count). The molecule has 0 bridgehead atoms. The molecule has 19 heavy (non-hydrogen) atoms. The molecule has 0 aliphatic heterocycles. The Kier molecular flexibility index (Phi) is 5.95. The summed E-state index contributed by atoms with van der Waals surface area (Å²) in [6.07, 6.45) is -1.75. The fraction of sp³-hybridized carbons (Fsp3) is 0.500. The lowest BCUT2D eigenvalue weighted by atomic mass is 10.1. The minimum atomic E-state index is -2.76. The standard InChI is InChI=1S/C12H14ClF2NO3/c1-3-19-9(17)4-8-11(18-2)10(12(14)15)7(5-13)6-16-8/h6,12H,3-5H2,1-2H3. The quantitative estimate of drug-likeness (QED) is 0.598. The predicted octanol–water partition coefficient (Wildman–Crippen LogP) is 2.87. The number of hydrogen-bond acceptors (Lipinski definition) is 4. The van der Waals surface area contributed by atoms with E-state index in [4.69, 9.17) is 21.1 Å². The number of pyridine rings is 1. The number of carbonyl (C=O) groups excluding carboxylic acids is 1. The van der Waals surface area contributed by atoms with Crippen LogP contribution in [0.3, 0.4) is 0 Å². The Labute approximate surface area is 114 Å². The third-order valence-electron chi connectivity index (χ3n) is 2.41. The Morgan fingerprint density at radius 1 is 1.53 bits per heavy atom. The second-order valence-corrected chi connectivity index (χ2v) is 3.86. The van der Waals surface area contributed by atoms with E-state index in [0.29, 0.717) is 0 Å². The van der Waals surface area contributed by atoms with Crippen LogP contribution in [0.5, 0.6) is 5.75 Å². The fourth-order valence-corrected chi connectivity index (χ4v) is 1.85. The third-order valence-corrected chi connectivity index (χ3v) is 2.70. The molecule has 0 aliphatic rings. The lowest BCUT2D eigenvalue weighted by molar-refractivity contribution is -0.142. The first-order chi connectivity index (χ1) is 9.04. The summed E-state index contributed by atoms with van der Waals surface area (Å²) in [7, 11) is 1.25. The van der Waals surface area contributed by atoms with Gasteiger partial charge in [-0.3, -0.25) is 9.78 Å². The lowest BCUT2D eigenvalue weighted by Gasteiger charge is -2.15. The van der Waals surface area contributed by atoms with Crippen LogP contribution in [0.4, 0.5) is 8.78 Å². The summed E-state index contributed by atoms with van der Waals surface area (Å²) >= 11 is 5.59. The van der Waals surface area contributed by atoms with Crippen LogP contribution >= 0.6 is 11.6 Å². The molecule has 0 spiro atoms. The molecule has 0 saturated carbocycles. The second-order valence-electron chi connectivity index (χ2n) is 3.59. The van der Waals surface area contributed by atoms with Gasteiger partial charge < -0.3 is 9.47 Å². The van der Waals surface area contributed by atoms with E-state index in [9.17, 15) is 13.6 Å². The number of nitrogens with zero attached hydrogens (tertiary/aromatic N) is 1. The van der Waals surface area contributed by atoms with Crippen LogP contribution < -0.4 is 4.74 Å². The van der Waals surface area contributed by atoms with Crippen molar-refractivity contribution in [3.8, 4) is 5.75 Å². The number of halogens is 3. The predicted molar refractivity (Wildman–Crippen MR) is 65.6 cm³/mol. The smallest absolute Gasteiger partial charge is 0.312 e. The van der Waals surface area contributed by atoms with E-state index in [0.717, 1.165) is 0 Å². The van der Waals surface area contributed by atoms with Gasteiger partial charge in [0.05, 0.1) is 31.4 Å². The zero-order valence-electron chi connectivity index (χ0n) is 10.6. The molecule has 7 heteroatoms. The van der Waals surface area contributed by atoms with Crippen LogP contribution in [0, 0.1) is 0 Å². The number of esters is 1. The molecule has 1 aromatic heterocycles. The molecule has 1 heterocycles. The van der Waals surface area contributed by atoms with Crippen LogP contribution in [0.15, 0.2) is 6.20 Å². The highest BCUT2D eigenvalue weighted by Gasteiger charge is 2.23. The molecule has 0 radical (unpaired) electrons. The summed E-state index contributed by atoms with van der Waals surface area (Å²) in [6.45, 7) is 1.87. The number of ether oxygens (including phenoxy) is 2. The zero-order valence-corrected chi connectivity index (χ0v) is 11.3. The molecule has 106 valence electrons. The number of carbonyl (C=O) groups is 1.